The van der Waals surface area contributed by atoms with Gasteiger partial charge in [0.25, 0.3) is 0 Å². The van der Waals surface area contributed by atoms with Gasteiger partial charge >= 0.3 is 0 Å². The summed E-state index contributed by atoms with van der Waals surface area (Å²) in [7, 11) is 4.17. The van der Waals surface area contributed by atoms with Crippen molar-refractivity contribution in [1.29, 1.82) is 0 Å². The van der Waals surface area contributed by atoms with Gasteiger partial charge in [0.15, 0.2) is 0 Å². The molecule has 2 aliphatic heterocycles. The Morgan fingerprint density at radius 3 is 3.13 bits per heavy atom. The Balaban J connectivity index is 1.99. The molecule has 2 heterocycles. The number of hydrogen-bond donors (Lipinski definition) is 1. The van der Waals surface area contributed by atoms with E-state index < -0.39 is 0 Å². The largest absolute Gasteiger partial charge is 0.378 e. The Bertz CT molecular complexity index is 391. The fraction of sp³-hybridized carbons (Fsp3) is 0.455. The summed E-state index contributed by atoms with van der Waals surface area (Å²) in [6, 6.07) is 6.71. The minimum absolute atomic E-state index is 0.470. The van der Waals surface area contributed by atoms with E-state index in [1.165, 1.54) is 16.3 Å². The van der Waals surface area contributed by atoms with E-state index in [0.29, 0.717) is 5.50 Å². The van der Waals surface area contributed by atoms with Crippen molar-refractivity contribution >= 4 is 23.1 Å². The molecule has 3 rings (SSSR count). The zero-order chi connectivity index (χ0) is 10.4. The third-order valence-corrected chi connectivity index (χ3v) is 4.19. The first-order chi connectivity index (χ1) is 7.25. The number of rotatable bonds is 1. The molecule has 0 aromatic heterocycles. The van der Waals surface area contributed by atoms with Crippen LogP contribution >= 0.6 is 11.8 Å². The van der Waals surface area contributed by atoms with E-state index in [0.717, 1.165) is 13.1 Å². The van der Waals surface area contributed by atoms with Crippen LogP contribution in [0.5, 0.6) is 0 Å². The molecule has 1 aromatic rings. The van der Waals surface area contributed by atoms with E-state index in [9.17, 15) is 0 Å². The molecule has 15 heavy (non-hydrogen) atoms. The standard InChI is InChI=1S/C11H15N3S/c1-13(2)8-3-4-9-10(7-8)15-11-12-5-6-14(9)11/h3-4,7,11-12H,5-6H2,1-2H3. The predicted molar refractivity (Wildman–Crippen MR) is 65.8 cm³/mol. The van der Waals surface area contributed by atoms with E-state index in [4.69, 9.17) is 0 Å². The highest BCUT2D eigenvalue weighted by Crippen LogP contribution is 2.44. The molecule has 1 N–H and O–H groups in total. The zero-order valence-electron chi connectivity index (χ0n) is 9.03. The average molecular weight is 221 g/mol. The molecule has 4 heteroatoms. The lowest BCUT2D eigenvalue weighted by molar-refractivity contribution is 0.809. The fourth-order valence-electron chi connectivity index (χ4n) is 2.12. The monoisotopic (exact) mass is 221 g/mol. The Hall–Kier alpha value is -0.870. The van der Waals surface area contributed by atoms with Gasteiger partial charge < -0.3 is 9.80 Å². The maximum absolute atomic E-state index is 3.49. The van der Waals surface area contributed by atoms with Gasteiger partial charge in [0, 0.05) is 37.8 Å². The molecular formula is C11H15N3S. The smallest absolute Gasteiger partial charge is 0.133 e. The van der Waals surface area contributed by atoms with Gasteiger partial charge in [-0.15, -0.1) is 0 Å². The van der Waals surface area contributed by atoms with Crippen LogP contribution in [-0.4, -0.2) is 32.7 Å². The molecule has 0 bridgehead atoms. The van der Waals surface area contributed by atoms with Gasteiger partial charge in [-0.05, 0) is 18.2 Å². The Morgan fingerprint density at radius 1 is 1.47 bits per heavy atom. The number of thioether (sulfide) groups is 1. The SMILES string of the molecule is CN(C)c1ccc2c(c1)SC1NCCN21. The van der Waals surface area contributed by atoms with E-state index in [-0.39, 0.29) is 0 Å². The first-order valence-corrected chi connectivity index (χ1v) is 6.12. The van der Waals surface area contributed by atoms with Crippen LogP contribution in [0.1, 0.15) is 0 Å². The van der Waals surface area contributed by atoms with Crippen LogP contribution in [0.4, 0.5) is 11.4 Å². The first kappa shape index (κ1) is 9.36. The highest BCUT2D eigenvalue weighted by molar-refractivity contribution is 8.00. The van der Waals surface area contributed by atoms with Crippen LogP contribution in [0.25, 0.3) is 0 Å². The molecule has 1 unspecified atom stereocenters. The maximum Gasteiger partial charge on any atom is 0.133 e. The van der Waals surface area contributed by atoms with E-state index >= 15 is 0 Å². The summed E-state index contributed by atoms with van der Waals surface area (Å²) in [5.74, 6) is 0. The number of anilines is 2. The van der Waals surface area contributed by atoms with Gasteiger partial charge in [-0.2, -0.15) is 0 Å². The predicted octanol–water partition coefficient (Wildman–Crippen LogP) is 1.55. The molecule has 0 spiro atoms. The van der Waals surface area contributed by atoms with Gasteiger partial charge in [0.1, 0.15) is 5.50 Å². The molecule has 2 aliphatic rings. The summed E-state index contributed by atoms with van der Waals surface area (Å²) in [5.41, 5.74) is 3.14. The lowest BCUT2D eigenvalue weighted by Gasteiger charge is -2.17. The van der Waals surface area contributed by atoms with Crippen LogP contribution in [0, 0.1) is 0 Å². The topological polar surface area (TPSA) is 18.5 Å². The highest BCUT2D eigenvalue weighted by Gasteiger charge is 2.33. The van der Waals surface area contributed by atoms with E-state index in [1.807, 2.05) is 11.8 Å². The van der Waals surface area contributed by atoms with Gasteiger partial charge in [-0.1, -0.05) is 11.8 Å². The van der Waals surface area contributed by atoms with Gasteiger partial charge in [0.2, 0.25) is 0 Å². The van der Waals surface area contributed by atoms with Crippen molar-refractivity contribution in [1.82, 2.24) is 5.32 Å². The van der Waals surface area contributed by atoms with Crippen LogP contribution in [0.2, 0.25) is 0 Å². The molecule has 80 valence electrons. The second-order valence-corrected chi connectivity index (χ2v) is 5.29. The molecule has 1 saturated heterocycles. The van der Waals surface area contributed by atoms with Crippen LogP contribution < -0.4 is 15.1 Å². The van der Waals surface area contributed by atoms with Gasteiger partial charge in [-0.3, -0.25) is 5.32 Å². The Labute approximate surface area is 94.4 Å². The van der Waals surface area contributed by atoms with Crippen LogP contribution in [0.3, 0.4) is 0 Å². The maximum atomic E-state index is 3.49. The van der Waals surface area contributed by atoms with Crippen LogP contribution in [-0.2, 0) is 0 Å². The summed E-state index contributed by atoms with van der Waals surface area (Å²) in [5, 5.41) is 3.49. The molecule has 1 atom stereocenters. The minimum atomic E-state index is 0.470. The molecule has 0 aliphatic carbocycles. The normalized spacial score (nSPS) is 22.8. The minimum Gasteiger partial charge on any atom is -0.378 e. The van der Waals surface area contributed by atoms with Crippen molar-refractivity contribution in [2.24, 2.45) is 0 Å². The molecular weight excluding hydrogens is 206 g/mol. The van der Waals surface area contributed by atoms with Gasteiger partial charge in [-0.25, -0.2) is 0 Å². The molecule has 3 nitrogen and oxygen atoms in total. The first-order valence-electron chi connectivity index (χ1n) is 5.24. The molecule has 0 radical (unpaired) electrons. The van der Waals surface area contributed by atoms with E-state index in [1.54, 1.807) is 0 Å². The summed E-state index contributed by atoms with van der Waals surface area (Å²) in [6.45, 7) is 2.23. The highest BCUT2D eigenvalue weighted by atomic mass is 32.2. The van der Waals surface area contributed by atoms with Crippen molar-refractivity contribution in [2.75, 3.05) is 37.0 Å². The summed E-state index contributed by atoms with van der Waals surface area (Å²) >= 11 is 1.93. The Kier molecular flexibility index (Phi) is 2.07. The summed E-state index contributed by atoms with van der Waals surface area (Å²) < 4.78 is 0. The van der Waals surface area contributed by atoms with E-state index in [2.05, 4.69) is 47.4 Å². The lowest BCUT2D eigenvalue weighted by Crippen LogP contribution is -2.28. The lowest BCUT2D eigenvalue weighted by atomic mass is 10.2. The number of nitrogens with one attached hydrogen (secondary N) is 1. The van der Waals surface area contributed by atoms with Crippen molar-refractivity contribution < 1.29 is 0 Å². The van der Waals surface area contributed by atoms with Crippen LogP contribution in [0.15, 0.2) is 23.1 Å². The second-order valence-electron chi connectivity index (χ2n) is 4.16. The van der Waals surface area contributed by atoms with Gasteiger partial charge in [0.05, 0.1) is 5.69 Å². The molecule has 1 aromatic carbocycles. The second kappa shape index (κ2) is 3.32. The van der Waals surface area contributed by atoms with Crippen molar-refractivity contribution in [3.63, 3.8) is 0 Å². The number of hydrogen-bond acceptors (Lipinski definition) is 4. The van der Waals surface area contributed by atoms with Crippen molar-refractivity contribution in [3.05, 3.63) is 18.2 Å². The van der Waals surface area contributed by atoms with Crippen molar-refractivity contribution in [3.8, 4) is 0 Å². The number of fused-ring (bicyclic) bond motifs is 3. The average Bonchev–Trinajstić information content (AvgIpc) is 2.75. The number of benzene rings is 1. The molecule has 0 amide bonds. The third-order valence-electron chi connectivity index (χ3n) is 2.96. The van der Waals surface area contributed by atoms with Crippen molar-refractivity contribution in [2.45, 2.75) is 10.4 Å². The summed E-state index contributed by atoms with van der Waals surface area (Å²) in [4.78, 5) is 6.00. The fourth-order valence-corrected chi connectivity index (χ4v) is 3.40. The third kappa shape index (κ3) is 1.40. The Morgan fingerprint density at radius 2 is 2.33 bits per heavy atom. The molecule has 1 fully saturated rings. The quantitative estimate of drug-likeness (QED) is 0.775. The molecule has 0 saturated carbocycles. The summed E-state index contributed by atoms with van der Waals surface area (Å²) in [6.07, 6.45) is 0. The number of nitrogens with zero attached hydrogens (tertiary/aromatic N) is 2. The zero-order valence-corrected chi connectivity index (χ0v) is 9.84.